The number of para-hydroxylation sites is 1. The largest absolute Gasteiger partial charge is 0.496 e. The fourth-order valence-corrected chi connectivity index (χ4v) is 3.62. The number of hydrogen-bond acceptors (Lipinski definition) is 6. The highest BCUT2D eigenvalue weighted by Gasteiger charge is 2.15. The second-order valence-electron chi connectivity index (χ2n) is 6.41. The number of ether oxygens (including phenoxy) is 1. The Morgan fingerprint density at radius 1 is 1.33 bits per heavy atom. The van der Waals surface area contributed by atoms with Crippen molar-refractivity contribution < 1.29 is 9.53 Å². The minimum absolute atomic E-state index is 0.0737. The smallest absolute Gasteiger partial charge is 0.250 e. The first kappa shape index (κ1) is 19.3. The minimum Gasteiger partial charge on any atom is -0.496 e. The van der Waals surface area contributed by atoms with Gasteiger partial charge in [-0.25, -0.2) is 4.52 Å². The fourth-order valence-electron chi connectivity index (χ4n) is 2.80. The predicted octanol–water partition coefficient (Wildman–Crippen LogP) is 3.53. The molecule has 1 amide bonds. The third-order valence-corrected chi connectivity index (χ3v) is 5.15. The van der Waals surface area contributed by atoms with Crippen LogP contribution in [0.25, 0.3) is 16.2 Å². The number of carbonyl (C=O) groups excluding carboxylic acids is 1. The van der Waals surface area contributed by atoms with Gasteiger partial charge in [-0.3, -0.25) is 10.1 Å². The molecule has 0 saturated carbocycles. The molecule has 0 saturated heterocycles. The van der Waals surface area contributed by atoms with Gasteiger partial charge in [0.05, 0.1) is 12.8 Å². The number of benzene rings is 1. The standard InChI is InChI=1S/C19H25N5O2S/c1-4-5-11-23(2)12-10-17(25)20-18-21-19-24(22-18)15(13-27-19)14-8-6-7-9-16(14)26-3/h6-9,13H,4-5,10-12H2,1-3H3,(H,20,22,25). The SMILES string of the molecule is CCCCN(C)CCC(=O)Nc1nc2scc(-c3ccccc3OC)n2n1. The van der Waals surface area contributed by atoms with Gasteiger partial charge in [0.2, 0.25) is 16.8 Å². The van der Waals surface area contributed by atoms with Gasteiger partial charge in [0.15, 0.2) is 0 Å². The summed E-state index contributed by atoms with van der Waals surface area (Å²) in [6, 6.07) is 7.77. The van der Waals surface area contributed by atoms with Crippen molar-refractivity contribution in [2.24, 2.45) is 0 Å². The molecule has 0 spiro atoms. The van der Waals surface area contributed by atoms with Gasteiger partial charge >= 0.3 is 0 Å². The Labute approximate surface area is 163 Å². The van der Waals surface area contributed by atoms with Crippen LogP contribution in [0.3, 0.4) is 0 Å². The van der Waals surface area contributed by atoms with Crippen molar-refractivity contribution in [1.82, 2.24) is 19.5 Å². The van der Waals surface area contributed by atoms with Crippen LogP contribution in [0.15, 0.2) is 29.6 Å². The molecule has 0 aliphatic rings. The summed E-state index contributed by atoms with van der Waals surface area (Å²) in [6.45, 7) is 3.89. The summed E-state index contributed by atoms with van der Waals surface area (Å²) in [7, 11) is 3.68. The summed E-state index contributed by atoms with van der Waals surface area (Å²) < 4.78 is 7.18. The van der Waals surface area contributed by atoms with Crippen molar-refractivity contribution in [2.75, 3.05) is 32.6 Å². The van der Waals surface area contributed by atoms with Crippen LogP contribution in [0.4, 0.5) is 5.95 Å². The van der Waals surface area contributed by atoms with Gasteiger partial charge < -0.3 is 9.64 Å². The lowest BCUT2D eigenvalue weighted by molar-refractivity contribution is -0.116. The molecule has 7 nitrogen and oxygen atoms in total. The summed E-state index contributed by atoms with van der Waals surface area (Å²) in [5.74, 6) is 1.03. The van der Waals surface area contributed by atoms with Crippen LogP contribution in [0.1, 0.15) is 26.2 Å². The zero-order chi connectivity index (χ0) is 19.2. The van der Waals surface area contributed by atoms with E-state index in [1.807, 2.05) is 36.7 Å². The van der Waals surface area contributed by atoms with Gasteiger partial charge in [-0.2, -0.15) is 4.98 Å². The van der Waals surface area contributed by atoms with Crippen molar-refractivity contribution >= 4 is 28.2 Å². The molecule has 8 heteroatoms. The number of nitrogens with one attached hydrogen (secondary N) is 1. The first-order valence-electron chi connectivity index (χ1n) is 9.08. The number of aromatic nitrogens is 3. The highest BCUT2D eigenvalue weighted by Crippen LogP contribution is 2.32. The Morgan fingerprint density at radius 2 is 2.15 bits per heavy atom. The molecule has 0 atom stereocenters. The second-order valence-corrected chi connectivity index (χ2v) is 7.24. The number of hydrogen-bond donors (Lipinski definition) is 1. The highest BCUT2D eigenvalue weighted by molar-refractivity contribution is 7.15. The first-order chi connectivity index (χ1) is 13.1. The third-order valence-electron chi connectivity index (χ3n) is 4.33. The van der Waals surface area contributed by atoms with E-state index in [2.05, 4.69) is 27.2 Å². The van der Waals surface area contributed by atoms with E-state index in [1.54, 1.807) is 11.6 Å². The topological polar surface area (TPSA) is 71.8 Å². The Bertz CT molecular complexity index is 905. The predicted molar refractivity (Wildman–Crippen MR) is 109 cm³/mol. The average Bonchev–Trinajstić information content (AvgIpc) is 3.24. The fraction of sp³-hybridized carbons (Fsp3) is 0.421. The van der Waals surface area contributed by atoms with E-state index in [0.717, 1.165) is 47.9 Å². The molecular weight excluding hydrogens is 362 g/mol. The van der Waals surface area contributed by atoms with Crippen molar-refractivity contribution in [3.8, 4) is 17.0 Å². The lowest BCUT2D eigenvalue weighted by Crippen LogP contribution is -2.25. The maximum atomic E-state index is 12.2. The number of rotatable bonds is 9. The summed E-state index contributed by atoms with van der Waals surface area (Å²) in [6.07, 6.45) is 2.72. The number of unbranched alkanes of at least 4 members (excludes halogenated alkanes) is 1. The van der Waals surface area contributed by atoms with Gasteiger partial charge in [0, 0.05) is 23.9 Å². The molecule has 27 heavy (non-hydrogen) atoms. The Balaban J connectivity index is 1.69. The molecule has 0 aliphatic carbocycles. The molecule has 0 bridgehead atoms. The van der Waals surface area contributed by atoms with Gasteiger partial charge in [0.1, 0.15) is 5.75 Å². The van der Waals surface area contributed by atoms with Crippen LogP contribution in [0.5, 0.6) is 5.75 Å². The molecule has 0 unspecified atom stereocenters. The maximum Gasteiger partial charge on any atom is 0.250 e. The molecular formula is C19H25N5O2S. The number of carbonyl (C=O) groups is 1. The molecule has 2 heterocycles. The quantitative estimate of drug-likeness (QED) is 0.608. The highest BCUT2D eigenvalue weighted by atomic mass is 32.1. The van der Waals surface area contributed by atoms with Gasteiger partial charge in [-0.05, 0) is 32.1 Å². The van der Waals surface area contributed by atoms with Crippen molar-refractivity contribution in [2.45, 2.75) is 26.2 Å². The number of thiazole rings is 1. The van der Waals surface area contributed by atoms with E-state index in [4.69, 9.17) is 4.74 Å². The van der Waals surface area contributed by atoms with E-state index in [0.29, 0.717) is 12.4 Å². The monoisotopic (exact) mass is 387 g/mol. The third kappa shape index (κ3) is 4.64. The molecule has 1 aromatic carbocycles. The number of anilines is 1. The lowest BCUT2D eigenvalue weighted by atomic mass is 10.1. The lowest BCUT2D eigenvalue weighted by Gasteiger charge is -2.15. The summed E-state index contributed by atoms with van der Waals surface area (Å²) in [4.78, 5) is 19.5. The summed E-state index contributed by atoms with van der Waals surface area (Å²) in [5, 5.41) is 9.25. The molecule has 0 fully saturated rings. The van der Waals surface area contributed by atoms with E-state index < -0.39 is 0 Å². The van der Waals surface area contributed by atoms with Gasteiger partial charge in [0.25, 0.3) is 0 Å². The van der Waals surface area contributed by atoms with Crippen molar-refractivity contribution in [3.05, 3.63) is 29.6 Å². The summed E-state index contributed by atoms with van der Waals surface area (Å²) in [5.41, 5.74) is 1.83. The number of nitrogens with zero attached hydrogens (tertiary/aromatic N) is 4. The van der Waals surface area contributed by atoms with Gasteiger partial charge in [-0.15, -0.1) is 16.4 Å². The Kier molecular flexibility index (Phi) is 6.41. The molecule has 1 N–H and O–H groups in total. The van der Waals surface area contributed by atoms with Crippen LogP contribution in [0.2, 0.25) is 0 Å². The molecule has 0 radical (unpaired) electrons. The normalized spacial score (nSPS) is 11.3. The van der Waals surface area contributed by atoms with E-state index >= 15 is 0 Å². The van der Waals surface area contributed by atoms with E-state index in [9.17, 15) is 4.79 Å². The summed E-state index contributed by atoms with van der Waals surface area (Å²) >= 11 is 1.48. The Hall–Kier alpha value is -2.45. The van der Waals surface area contributed by atoms with Crippen LogP contribution in [0, 0.1) is 0 Å². The number of amides is 1. The zero-order valence-electron chi connectivity index (χ0n) is 15.9. The van der Waals surface area contributed by atoms with E-state index in [-0.39, 0.29) is 5.91 Å². The molecule has 2 aromatic heterocycles. The van der Waals surface area contributed by atoms with Crippen molar-refractivity contribution in [3.63, 3.8) is 0 Å². The van der Waals surface area contributed by atoms with E-state index in [1.165, 1.54) is 11.3 Å². The molecule has 0 aliphatic heterocycles. The maximum absolute atomic E-state index is 12.2. The van der Waals surface area contributed by atoms with Crippen LogP contribution in [-0.2, 0) is 4.79 Å². The van der Waals surface area contributed by atoms with Crippen molar-refractivity contribution in [1.29, 1.82) is 0 Å². The molecule has 3 aromatic rings. The van der Waals surface area contributed by atoms with Gasteiger partial charge in [-0.1, -0.05) is 25.5 Å². The molecule has 3 rings (SSSR count). The average molecular weight is 388 g/mol. The first-order valence-corrected chi connectivity index (χ1v) is 9.96. The zero-order valence-corrected chi connectivity index (χ0v) is 16.8. The molecule has 144 valence electrons. The van der Waals surface area contributed by atoms with Crippen LogP contribution >= 0.6 is 11.3 Å². The number of fused-ring (bicyclic) bond motifs is 1. The number of methoxy groups -OCH3 is 1. The second kappa shape index (κ2) is 8.96. The van der Waals surface area contributed by atoms with Crippen LogP contribution in [-0.4, -0.2) is 52.7 Å². The van der Waals surface area contributed by atoms with Crippen LogP contribution < -0.4 is 10.1 Å². The minimum atomic E-state index is -0.0737. The Morgan fingerprint density at radius 3 is 2.93 bits per heavy atom.